The highest BCUT2D eigenvalue weighted by Crippen LogP contribution is 2.24. The SMILES string of the molecule is CN(c1ccccc1)S(=O)(=O)c1cccc(NCc2ccccc2[N+](=O)[O-])c1. The number of nitrogens with one attached hydrogen (secondary N) is 1. The van der Waals surface area contributed by atoms with Crippen LogP contribution in [0.1, 0.15) is 5.56 Å². The molecule has 0 saturated heterocycles. The molecule has 0 saturated carbocycles. The third-order valence-electron chi connectivity index (χ3n) is 4.28. The summed E-state index contributed by atoms with van der Waals surface area (Å²) < 4.78 is 27.0. The molecule has 0 atom stereocenters. The van der Waals surface area contributed by atoms with Gasteiger partial charge in [-0.25, -0.2) is 8.42 Å². The van der Waals surface area contributed by atoms with E-state index in [2.05, 4.69) is 5.32 Å². The van der Waals surface area contributed by atoms with Crippen molar-refractivity contribution in [1.82, 2.24) is 0 Å². The van der Waals surface area contributed by atoms with Gasteiger partial charge in [-0.2, -0.15) is 0 Å². The van der Waals surface area contributed by atoms with E-state index in [4.69, 9.17) is 0 Å². The smallest absolute Gasteiger partial charge is 0.274 e. The van der Waals surface area contributed by atoms with E-state index in [1.54, 1.807) is 54.6 Å². The number of nitro groups is 1. The van der Waals surface area contributed by atoms with E-state index >= 15 is 0 Å². The van der Waals surface area contributed by atoms with E-state index in [9.17, 15) is 18.5 Å². The van der Waals surface area contributed by atoms with Gasteiger partial charge in [-0.15, -0.1) is 0 Å². The Morgan fingerprint density at radius 1 is 0.964 bits per heavy atom. The highest BCUT2D eigenvalue weighted by molar-refractivity contribution is 7.92. The number of nitrogens with zero attached hydrogens (tertiary/aromatic N) is 2. The average molecular weight is 397 g/mol. The number of sulfonamides is 1. The van der Waals surface area contributed by atoms with E-state index in [0.29, 0.717) is 16.9 Å². The minimum absolute atomic E-state index is 0.0163. The zero-order chi connectivity index (χ0) is 20.1. The Balaban J connectivity index is 1.82. The Labute approximate surface area is 163 Å². The van der Waals surface area contributed by atoms with Gasteiger partial charge in [0.15, 0.2) is 0 Å². The molecule has 7 nitrogen and oxygen atoms in total. The zero-order valence-electron chi connectivity index (χ0n) is 15.1. The standard InChI is InChI=1S/C20H19N3O4S/c1-22(18-10-3-2-4-11-18)28(26,27)19-12-7-9-17(14-19)21-15-16-8-5-6-13-20(16)23(24)25/h2-14,21H,15H2,1H3. The second-order valence-corrected chi connectivity index (χ2v) is 8.04. The van der Waals surface area contributed by atoms with Crippen LogP contribution in [0.5, 0.6) is 0 Å². The average Bonchev–Trinajstić information content (AvgIpc) is 2.72. The van der Waals surface area contributed by atoms with Crippen LogP contribution in [0.3, 0.4) is 0 Å². The number of anilines is 2. The van der Waals surface area contributed by atoms with Gasteiger partial charge >= 0.3 is 0 Å². The minimum atomic E-state index is -3.73. The summed E-state index contributed by atoms with van der Waals surface area (Å²) in [6, 6.07) is 21.6. The first-order valence-corrected chi connectivity index (χ1v) is 9.94. The molecule has 0 bridgehead atoms. The van der Waals surface area contributed by atoms with Crippen molar-refractivity contribution >= 4 is 27.1 Å². The predicted octanol–water partition coefficient (Wildman–Crippen LogP) is 4.03. The lowest BCUT2D eigenvalue weighted by Gasteiger charge is -2.20. The fourth-order valence-corrected chi connectivity index (χ4v) is 3.98. The molecule has 1 N–H and O–H groups in total. The quantitative estimate of drug-likeness (QED) is 0.480. The number of nitro benzene ring substituents is 1. The molecular formula is C20H19N3O4S. The number of benzene rings is 3. The molecule has 3 aromatic rings. The van der Waals surface area contributed by atoms with Crippen LogP contribution < -0.4 is 9.62 Å². The molecule has 0 aromatic heterocycles. The van der Waals surface area contributed by atoms with Crippen LogP contribution in [0, 0.1) is 10.1 Å². The third-order valence-corrected chi connectivity index (χ3v) is 6.07. The molecule has 144 valence electrons. The van der Waals surface area contributed by atoms with Gasteiger partial charge in [0.25, 0.3) is 15.7 Å². The zero-order valence-corrected chi connectivity index (χ0v) is 16.0. The molecule has 8 heteroatoms. The van der Waals surface area contributed by atoms with Crippen molar-refractivity contribution < 1.29 is 13.3 Å². The molecular weight excluding hydrogens is 378 g/mol. The van der Waals surface area contributed by atoms with Gasteiger partial charge in [-0.1, -0.05) is 42.5 Å². The summed E-state index contributed by atoms with van der Waals surface area (Å²) >= 11 is 0. The van der Waals surface area contributed by atoms with Crippen molar-refractivity contribution in [2.24, 2.45) is 0 Å². The predicted molar refractivity (Wildman–Crippen MR) is 109 cm³/mol. The number of hydrogen-bond acceptors (Lipinski definition) is 5. The van der Waals surface area contributed by atoms with Crippen molar-refractivity contribution in [3.8, 4) is 0 Å². The molecule has 0 heterocycles. The van der Waals surface area contributed by atoms with Crippen LogP contribution >= 0.6 is 0 Å². The fraction of sp³-hybridized carbons (Fsp3) is 0.100. The van der Waals surface area contributed by atoms with Gasteiger partial charge in [-0.3, -0.25) is 14.4 Å². The summed E-state index contributed by atoms with van der Waals surface area (Å²) in [4.78, 5) is 10.8. The van der Waals surface area contributed by atoms with E-state index in [0.717, 1.165) is 0 Å². The number of para-hydroxylation sites is 2. The van der Waals surface area contributed by atoms with E-state index in [-0.39, 0.29) is 17.1 Å². The summed E-state index contributed by atoms with van der Waals surface area (Å²) in [7, 11) is -2.24. The maximum absolute atomic E-state index is 12.9. The second-order valence-electron chi connectivity index (χ2n) is 6.08. The lowest BCUT2D eigenvalue weighted by Crippen LogP contribution is -2.26. The van der Waals surface area contributed by atoms with Crippen LogP contribution in [-0.2, 0) is 16.6 Å². The second kappa shape index (κ2) is 8.10. The van der Waals surface area contributed by atoms with Crippen molar-refractivity contribution in [2.75, 3.05) is 16.7 Å². The fourth-order valence-electron chi connectivity index (χ4n) is 2.74. The first kappa shape index (κ1) is 19.4. The summed E-state index contributed by atoms with van der Waals surface area (Å²) in [6.07, 6.45) is 0. The van der Waals surface area contributed by atoms with Crippen LogP contribution in [0.25, 0.3) is 0 Å². The molecule has 0 unspecified atom stereocenters. The molecule has 0 aliphatic rings. The van der Waals surface area contributed by atoms with Crippen LogP contribution in [0.4, 0.5) is 17.1 Å². The lowest BCUT2D eigenvalue weighted by molar-refractivity contribution is -0.385. The minimum Gasteiger partial charge on any atom is -0.381 e. The number of rotatable bonds is 7. The van der Waals surface area contributed by atoms with Gasteiger partial charge < -0.3 is 5.32 Å². The first-order valence-electron chi connectivity index (χ1n) is 8.50. The summed E-state index contributed by atoms with van der Waals surface area (Å²) in [5, 5.41) is 14.2. The Kier molecular flexibility index (Phi) is 5.60. The largest absolute Gasteiger partial charge is 0.381 e. The Bertz CT molecular complexity index is 1090. The third kappa shape index (κ3) is 4.12. The van der Waals surface area contributed by atoms with Crippen LogP contribution in [-0.4, -0.2) is 20.4 Å². The Morgan fingerprint density at radius 2 is 1.64 bits per heavy atom. The van der Waals surface area contributed by atoms with Crippen molar-refractivity contribution in [2.45, 2.75) is 11.4 Å². The molecule has 0 fully saturated rings. The first-order chi connectivity index (χ1) is 13.4. The lowest BCUT2D eigenvalue weighted by atomic mass is 10.2. The monoisotopic (exact) mass is 397 g/mol. The summed E-state index contributed by atoms with van der Waals surface area (Å²) in [5.41, 5.74) is 1.64. The van der Waals surface area contributed by atoms with Crippen molar-refractivity contribution in [1.29, 1.82) is 0 Å². The Hall–Kier alpha value is -3.39. The molecule has 0 spiro atoms. The molecule has 28 heavy (non-hydrogen) atoms. The maximum Gasteiger partial charge on any atom is 0.274 e. The van der Waals surface area contributed by atoms with E-state index in [1.807, 2.05) is 6.07 Å². The number of hydrogen-bond donors (Lipinski definition) is 1. The topological polar surface area (TPSA) is 92.6 Å². The Morgan fingerprint density at radius 3 is 2.36 bits per heavy atom. The normalized spacial score (nSPS) is 11.0. The van der Waals surface area contributed by atoms with Crippen molar-refractivity contribution in [3.63, 3.8) is 0 Å². The van der Waals surface area contributed by atoms with E-state index in [1.165, 1.54) is 29.6 Å². The molecule has 0 aliphatic heterocycles. The molecule has 3 rings (SSSR count). The van der Waals surface area contributed by atoms with Gasteiger partial charge in [0.1, 0.15) is 0 Å². The summed E-state index contributed by atoms with van der Waals surface area (Å²) in [5.74, 6) is 0. The van der Waals surface area contributed by atoms with Gasteiger partial charge in [0.05, 0.1) is 15.5 Å². The van der Waals surface area contributed by atoms with Crippen LogP contribution in [0.15, 0.2) is 83.8 Å². The van der Waals surface area contributed by atoms with Gasteiger partial charge in [0.2, 0.25) is 0 Å². The molecule has 0 aliphatic carbocycles. The van der Waals surface area contributed by atoms with Gasteiger partial charge in [0, 0.05) is 30.9 Å². The van der Waals surface area contributed by atoms with Crippen LogP contribution in [0.2, 0.25) is 0 Å². The maximum atomic E-state index is 12.9. The highest BCUT2D eigenvalue weighted by Gasteiger charge is 2.21. The summed E-state index contributed by atoms with van der Waals surface area (Å²) in [6.45, 7) is 0.204. The molecule has 0 radical (unpaired) electrons. The van der Waals surface area contributed by atoms with Gasteiger partial charge in [-0.05, 0) is 30.3 Å². The molecule has 3 aromatic carbocycles. The van der Waals surface area contributed by atoms with Crippen molar-refractivity contribution in [3.05, 3.63) is 94.5 Å². The molecule has 0 amide bonds. The highest BCUT2D eigenvalue weighted by atomic mass is 32.2. The van der Waals surface area contributed by atoms with E-state index < -0.39 is 14.9 Å².